The third-order valence-electron chi connectivity index (χ3n) is 3.55. The van der Waals surface area contributed by atoms with Crippen molar-refractivity contribution in [3.8, 4) is 0 Å². The molecule has 0 saturated carbocycles. The topological polar surface area (TPSA) is 72.9 Å². The second kappa shape index (κ2) is 4.94. The lowest BCUT2D eigenvalue weighted by Gasteiger charge is -2.10. The van der Waals surface area contributed by atoms with Crippen molar-refractivity contribution in [2.45, 2.75) is 32.9 Å². The molecule has 2 rings (SSSR count). The van der Waals surface area contributed by atoms with Gasteiger partial charge >= 0.3 is 0 Å². The molecule has 5 nitrogen and oxygen atoms in total. The minimum Gasteiger partial charge on any atom is -0.351 e. The summed E-state index contributed by atoms with van der Waals surface area (Å²) in [6.07, 6.45) is 4.49. The van der Waals surface area contributed by atoms with Crippen molar-refractivity contribution in [3.63, 3.8) is 0 Å². The van der Waals surface area contributed by atoms with Gasteiger partial charge in [0, 0.05) is 30.9 Å². The van der Waals surface area contributed by atoms with Crippen LogP contribution in [0, 0.1) is 19.8 Å². The SMILES string of the molecule is Cc1nn(C)c(C)c1CNC(=O)C1C=CC(N)C1. The maximum absolute atomic E-state index is 11.9. The average molecular weight is 248 g/mol. The van der Waals surface area contributed by atoms with E-state index in [-0.39, 0.29) is 17.9 Å². The third-order valence-corrected chi connectivity index (χ3v) is 3.55. The Morgan fingerprint density at radius 3 is 2.78 bits per heavy atom. The Morgan fingerprint density at radius 2 is 2.28 bits per heavy atom. The number of carbonyl (C=O) groups excluding carboxylic acids is 1. The van der Waals surface area contributed by atoms with Crippen LogP contribution in [0.25, 0.3) is 0 Å². The van der Waals surface area contributed by atoms with E-state index in [1.807, 2.05) is 37.7 Å². The van der Waals surface area contributed by atoms with Gasteiger partial charge in [-0.2, -0.15) is 5.10 Å². The smallest absolute Gasteiger partial charge is 0.227 e. The van der Waals surface area contributed by atoms with Gasteiger partial charge in [-0.3, -0.25) is 9.48 Å². The van der Waals surface area contributed by atoms with Crippen molar-refractivity contribution in [3.05, 3.63) is 29.1 Å². The molecular weight excluding hydrogens is 228 g/mol. The first-order chi connectivity index (χ1) is 8.49. The van der Waals surface area contributed by atoms with E-state index in [0.717, 1.165) is 17.0 Å². The lowest BCUT2D eigenvalue weighted by molar-refractivity contribution is -0.123. The van der Waals surface area contributed by atoms with E-state index in [2.05, 4.69) is 10.4 Å². The number of hydrogen-bond acceptors (Lipinski definition) is 3. The third kappa shape index (κ3) is 2.46. The maximum Gasteiger partial charge on any atom is 0.227 e. The first kappa shape index (κ1) is 12.8. The van der Waals surface area contributed by atoms with Crippen LogP contribution in [-0.2, 0) is 18.4 Å². The predicted molar refractivity (Wildman–Crippen MR) is 69.8 cm³/mol. The monoisotopic (exact) mass is 248 g/mol. The molecular formula is C13H20N4O. The quantitative estimate of drug-likeness (QED) is 0.768. The summed E-state index contributed by atoms with van der Waals surface area (Å²) in [6.45, 7) is 4.50. The normalized spacial score (nSPS) is 22.4. The van der Waals surface area contributed by atoms with Crippen LogP contribution in [0.3, 0.4) is 0 Å². The van der Waals surface area contributed by atoms with Crippen LogP contribution < -0.4 is 11.1 Å². The molecule has 1 heterocycles. The van der Waals surface area contributed by atoms with Crippen molar-refractivity contribution >= 4 is 5.91 Å². The summed E-state index contributed by atoms with van der Waals surface area (Å²) >= 11 is 0. The number of amides is 1. The summed E-state index contributed by atoms with van der Waals surface area (Å²) in [6, 6.07) is 0.0163. The van der Waals surface area contributed by atoms with E-state index in [0.29, 0.717) is 13.0 Å². The molecule has 3 N–H and O–H groups in total. The molecule has 1 aliphatic rings. The van der Waals surface area contributed by atoms with Crippen LogP contribution in [0.2, 0.25) is 0 Å². The number of rotatable bonds is 3. The van der Waals surface area contributed by atoms with Gasteiger partial charge in [0.15, 0.2) is 0 Å². The fourth-order valence-corrected chi connectivity index (χ4v) is 2.30. The van der Waals surface area contributed by atoms with E-state index in [1.165, 1.54) is 0 Å². The number of aromatic nitrogens is 2. The van der Waals surface area contributed by atoms with Crippen LogP contribution in [0.5, 0.6) is 0 Å². The molecule has 0 fully saturated rings. The van der Waals surface area contributed by atoms with Crippen molar-refractivity contribution in [1.82, 2.24) is 15.1 Å². The molecule has 0 bridgehead atoms. The molecule has 0 saturated heterocycles. The van der Waals surface area contributed by atoms with Gasteiger partial charge < -0.3 is 11.1 Å². The molecule has 1 aromatic heterocycles. The van der Waals surface area contributed by atoms with Crippen LogP contribution in [0.4, 0.5) is 0 Å². The van der Waals surface area contributed by atoms with Gasteiger partial charge in [0.25, 0.3) is 0 Å². The van der Waals surface area contributed by atoms with E-state index in [1.54, 1.807) is 0 Å². The van der Waals surface area contributed by atoms with Crippen molar-refractivity contribution in [2.24, 2.45) is 18.7 Å². The summed E-state index contributed by atoms with van der Waals surface area (Å²) in [5, 5.41) is 7.29. The Kier molecular flexibility index (Phi) is 3.52. The number of hydrogen-bond donors (Lipinski definition) is 2. The minimum absolute atomic E-state index is 0.0163. The summed E-state index contributed by atoms with van der Waals surface area (Å²) in [4.78, 5) is 11.9. The predicted octanol–water partition coefficient (Wildman–Crippen LogP) is 0.557. The fourth-order valence-electron chi connectivity index (χ4n) is 2.30. The lowest BCUT2D eigenvalue weighted by Crippen LogP contribution is -2.30. The fraction of sp³-hybridized carbons (Fsp3) is 0.538. The Labute approximate surface area is 107 Å². The molecule has 0 aliphatic heterocycles. The molecule has 2 atom stereocenters. The standard InChI is InChI=1S/C13H20N4O/c1-8-12(9(2)17(3)16-8)7-15-13(18)10-4-5-11(14)6-10/h4-5,10-11H,6-7,14H2,1-3H3,(H,15,18). The summed E-state index contributed by atoms with van der Waals surface area (Å²) < 4.78 is 1.84. The zero-order chi connectivity index (χ0) is 13.3. The van der Waals surface area contributed by atoms with Gasteiger partial charge in [0.2, 0.25) is 5.91 Å². The van der Waals surface area contributed by atoms with Gasteiger partial charge in [-0.05, 0) is 20.3 Å². The maximum atomic E-state index is 11.9. The number of nitrogens with two attached hydrogens (primary N) is 1. The molecule has 1 aromatic rings. The van der Waals surface area contributed by atoms with Gasteiger partial charge in [-0.25, -0.2) is 0 Å². The molecule has 0 spiro atoms. The Hall–Kier alpha value is -1.62. The number of nitrogens with one attached hydrogen (secondary N) is 1. The van der Waals surface area contributed by atoms with Crippen LogP contribution in [-0.4, -0.2) is 21.7 Å². The van der Waals surface area contributed by atoms with Gasteiger partial charge in [0.1, 0.15) is 0 Å². The van der Waals surface area contributed by atoms with E-state index < -0.39 is 0 Å². The van der Waals surface area contributed by atoms with E-state index in [9.17, 15) is 4.79 Å². The largest absolute Gasteiger partial charge is 0.351 e. The van der Waals surface area contributed by atoms with E-state index in [4.69, 9.17) is 5.73 Å². The molecule has 1 amide bonds. The summed E-state index contributed by atoms with van der Waals surface area (Å²) in [7, 11) is 1.91. The van der Waals surface area contributed by atoms with Crippen molar-refractivity contribution < 1.29 is 4.79 Å². The van der Waals surface area contributed by atoms with Crippen molar-refractivity contribution in [1.29, 1.82) is 0 Å². The molecule has 1 aliphatic carbocycles. The highest BCUT2D eigenvalue weighted by atomic mass is 16.1. The molecule has 0 radical (unpaired) electrons. The Balaban J connectivity index is 1.96. The van der Waals surface area contributed by atoms with Gasteiger partial charge in [0.05, 0.1) is 11.6 Å². The number of nitrogens with zero attached hydrogens (tertiary/aromatic N) is 2. The Bertz CT molecular complexity index is 489. The second-order valence-corrected chi connectivity index (χ2v) is 4.88. The van der Waals surface area contributed by atoms with Crippen molar-refractivity contribution in [2.75, 3.05) is 0 Å². The first-order valence-corrected chi connectivity index (χ1v) is 6.19. The summed E-state index contributed by atoms with van der Waals surface area (Å²) in [5.74, 6) is -0.0425. The molecule has 98 valence electrons. The second-order valence-electron chi connectivity index (χ2n) is 4.88. The van der Waals surface area contributed by atoms with Crippen LogP contribution in [0.1, 0.15) is 23.4 Å². The average Bonchev–Trinajstić information content (AvgIpc) is 2.83. The van der Waals surface area contributed by atoms with Gasteiger partial charge in [-0.1, -0.05) is 12.2 Å². The number of aryl methyl sites for hydroxylation is 2. The highest BCUT2D eigenvalue weighted by Gasteiger charge is 2.22. The molecule has 5 heteroatoms. The summed E-state index contributed by atoms with van der Waals surface area (Å²) in [5.41, 5.74) is 8.89. The molecule has 0 aromatic carbocycles. The van der Waals surface area contributed by atoms with E-state index >= 15 is 0 Å². The Morgan fingerprint density at radius 1 is 1.56 bits per heavy atom. The van der Waals surface area contributed by atoms with Crippen LogP contribution in [0.15, 0.2) is 12.2 Å². The highest BCUT2D eigenvalue weighted by Crippen LogP contribution is 2.17. The van der Waals surface area contributed by atoms with Gasteiger partial charge in [-0.15, -0.1) is 0 Å². The lowest BCUT2D eigenvalue weighted by atomic mass is 10.1. The minimum atomic E-state index is -0.0858. The molecule has 2 unspecified atom stereocenters. The van der Waals surface area contributed by atoms with Crippen LogP contribution >= 0.6 is 0 Å². The first-order valence-electron chi connectivity index (χ1n) is 6.19. The highest BCUT2D eigenvalue weighted by molar-refractivity contribution is 5.81. The number of carbonyl (C=O) groups is 1. The zero-order valence-corrected chi connectivity index (χ0v) is 11.1. The zero-order valence-electron chi connectivity index (χ0n) is 11.1. The molecule has 18 heavy (non-hydrogen) atoms.